The van der Waals surface area contributed by atoms with Crippen molar-refractivity contribution in [1.29, 1.82) is 0 Å². The first-order chi connectivity index (χ1) is 9.03. The molecule has 1 heterocycles. The molecule has 0 saturated carbocycles. The molecular weight excluding hydrogens is 332 g/mol. The fourth-order valence-electron chi connectivity index (χ4n) is 1.63. The number of fused-ring (bicyclic) bond motifs is 1. The van der Waals surface area contributed by atoms with Gasteiger partial charge in [-0.05, 0) is 18.2 Å². The van der Waals surface area contributed by atoms with Crippen molar-refractivity contribution >= 4 is 42.5 Å². The van der Waals surface area contributed by atoms with E-state index in [9.17, 15) is 8.42 Å². The number of nitrogens with one attached hydrogen (secondary N) is 1. The van der Waals surface area contributed by atoms with Crippen LogP contribution in [-0.2, 0) is 14.8 Å². The smallest absolute Gasteiger partial charge is 0.235 e. The number of anilines is 1. The number of rotatable bonds is 5. The Morgan fingerprint density at radius 2 is 2.16 bits per heavy atom. The molecule has 0 aliphatic rings. The summed E-state index contributed by atoms with van der Waals surface area (Å²) in [5, 5.41) is 0.856. The second-order valence-electron chi connectivity index (χ2n) is 3.91. The standard InChI is InChI=1S/C12H13BrN2O3S/c1-18-7-8-19(16,17)15-11-5-4-10(13)9-3-2-6-14-12(9)11/h2-6,15H,7-8H2,1H3. The molecule has 0 bridgehead atoms. The maximum atomic E-state index is 11.9. The lowest BCUT2D eigenvalue weighted by Crippen LogP contribution is -2.20. The Hall–Kier alpha value is -1.18. The third-order valence-electron chi connectivity index (χ3n) is 2.54. The molecule has 1 N–H and O–H groups in total. The predicted molar refractivity (Wildman–Crippen MR) is 78.7 cm³/mol. The van der Waals surface area contributed by atoms with E-state index in [2.05, 4.69) is 25.6 Å². The summed E-state index contributed by atoms with van der Waals surface area (Å²) in [6.07, 6.45) is 1.63. The van der Waals surface area contributed by atoms with Crippen LogP contribution >= 0.6 is 15.9 Å². The molecule has 102 valence electrons. The zero-order valence-corrected chi connectivity index (χ0v) is 12.7. The van der Waals surface area contributed by atoms with Gasteiger partial charge in [0.2, 0.25) is 10.0 Å². The van der Waals surface area contributed by atoms with Crippen LogP contribution < -0.4 is 4.72 Å². The normalized spacial score (nSPS) is 11.7. The van der Waals surface area contributed by atoms with Crippen LogP contribution in [0.25, 0.3) is 10.9 Å². The van der Waals surface area contributed by atoms with Gasteiger partial charge in [-0.15, -0.1) is 0 Å². The average Bonchev–Trinajstić information content (AvgIpc) is 2.40. The topological polar surface area (TPSA) is 68.3 Å². The minimum absolute atomic E-state index is 0.0894. The van der Waals surface area contributed by atoms with E-state index in [4.69, 9.17) is 4.74 Å². The van der Waals surface area contributed by atoms with Crippen LogP contribution in [-0.4, -0.2) is 32.9 Å². The van der Waals surface area contributed by atoms with E-state index in [1.54, 1.807) is 24.4 Å². The maximum Gasteiger partial charge on any atom is 0.235 e. The van der Waals surface area contributed by atoms with E-state index < -0.39 is 10.0 Å². The van der Waals surface area contributed by atoms with Crippen LogP contribution in [0.1, 0.15) is 0 Å². The summed E-state index contributed by atoms with van der Waals surface area (Å²) in [5.41, 5.74) is 1.08. The molecule has 5 nitrogen and oxygen atoms in total. The molecule has 19 heavy (non-hydrogen) atoms. The molecule has 1 aromatic carbocycles. The molecule has 1 aromatic heterocycles. The number of pyridine rings is 1. The minimum Gasteiger partial charge on any atom is -0.384 e. The molecule has 0 radical (unpaired) electrons. The van der Waals surface area contributed by atoms with Crippen LogP contribution in [0.5, 0.6) is 0 Å². The zero-order valence-electron chi connectivity index (χ0n) is 10.3. The summed E-state index contributed by atoms with van der Waals surface area (Å²) < 4.78 is 31.9. The van der Waals surface area contributed by atoms with Gasteiger partial charge in [0, 0.05) is 23.2 Å². The van der Waals surface area contributed by atoms with Crippen LogP contribution in [0.15, 0.2) is 34.9 Å². The number of aromatic nitrogens is 1. The third-order valence-corrected chi connectivity index (χ3v) is 4.46. The SMILES string of the molecule is COCCS(=O)(=O)Nc1ccc(Br)c2cccnc12. The van der Waals surface area contributed by atoms with Crippen LogP contribution in [0.3, 0.4) is 0 Å². The zero-order chi connectivity index (χ0) is 13.9. The highest BCUT2D eigenvalue weighted by Crippen LogP contribution is 2.28. The Balaban J connectivity index is 2.39. The first-order valence-corrected chi connectivity index (χ1v) is 8.01. The minimum atomic E-state index is -3.43. The summed E-state index contributed by atoms with van der Waals surface area (Å²) in [6, 6.07) is 7.15. The largest absolute Gasteiger partial charge is 0.384 e. The number of hydrogen-bond acceptors (Lipinski definition) is 4. The number of sulfonamides is 1. The van der Waals surface area contributed by atoms with Gasteiger partial charge >= 0.3 is 0 Å². The third kappa shape index (κ3) is 3.43. The molecule has 0 atom stereocenters. The van der Waals surface area contributed by atoms with Crippen molar-refractivity contribution in [3.63, 3.8) is 0 Å². The van der Waals surface area contributed by atoms with Gasteiger partial charge in [0.25, 0.3) is 0 Å². The van der Waals surface area contributed by atoms with Crippen LogP contribution in [0.2, 0.25) is 0 Å². The lowest BCUT2D eigenvalue weighted by Gasteiger charge is -2.10. The molecule has 2 rings (SSSR count). The van der Waals surface area contributed by atoms with Crippen molar-refractivity contribution in [3.8, 4) is 0 Å². The van der Waals surface area contributed by atoms with Gasteiger partial charge in [0.1, 0.15) is 0 Å². The van der Waals surface area contributed by atoms with Gasteiger partial charge in [-0.2, -0.15) is 0 Å². The Bertz CT molecular complexity index is 688. The second kappa shape index (κ2) is 5.85. The Labute approximate surface area is 120 Å². The predicted octanol–water partition coefficient (Wildman–Crippen LogP) is 2.39. The van der Waals surface area contributed by atoms with E-state index in [1.165, 1.54) is 7.11 Å². The van der Waals surface area contributed by atoms with Crippen molar-refractivity contribution in [2.45, 2.75) is 0 Å². The number of benzene rings is 1. The van der Waals surface area contributed by atoms with Gasteiger partial charge in [0.05, 0.1) is 23.6 Å². The molecule has 0 amide bonds. The Kier molecular flexibility index (Phi) is 4.38. The van der Waals surface area contributed by atoms with E-state index in [-0.39, 0.29) is 12.4 Å². The Morgan fingerprint density at radius 1 is 1.37 bits per heavy atom. The highest BCUT2D eigenvalue weighted by Gasteiger charge is 2.13. The fraction of sp³-hybridized carbons (Fsp3) is 0.250. The number of methoxy groups -OCH3 is 1. The lowest BCUT2D eigenvalue weighted by atomic mass is 10.2. The average molecular weight is 345 g/mol. The van der Waals surface area contributed by atoms with E-state index in [0.717, 1.165) is 9.86 Å². The van der Waals surface area contributed by atoms with Gasteiger partial charge < -0.3 is 4.74 Å². The molecule has 0 saturated heterocycles. The lowest BCUT2D eigenvalue weighted by molar-refractivity contribution is 0.217. The van der Waals surface area contributed by atoms with Crippen LogP contribution in [0, 0.1) is 0 Å². The monoisotopic (exact) mass is 344 g/mol. The van der Waals surface area contributed by atoms with Gasteiger partial charge in [-0.1, -0.05) is 22.0 Å². The van der Waals surface area contributed by atoms with Crippen molar-refractivity contribution in [1.82, 2.24) is 4.98 Å². The van der Waals surface area contributed by atoms with E-state index in [1.807, 2.05) is 6.07 Å². The number of ether oxygens (including phenoxy) is 1. The molecule has 0 aliphatic heterocycles. The highest BCUT2D eigenvalue weighted by molar-refractivity contribution is 9.10. The first-order valence-electron chi connectivity index (χ1n) is 5.56. The highest BCUT2D eigenvalue weighted by atomic mass is 79.9. The summed E-state index contributed by atoms with van der Waals surface area (Å²) >= 11 is 3.42. The van der Waals surface area contributed by atoms with Crippen molar-refractivity contribution in [3.05, 3.63) is 34.9 Å². The second-order valence-corrected chi connectivity index (χ2v) is 6.60. The van der Waals surface area contributed by atoms with Crippen molar-refractivity contribution in [2.24, 2.45) is 0 Å². The van der Waals surface area contributed by atoms with Crippen molar-refractivity contribution in [2.75, 3.05) is 24.2 Å². The number of nitrogens with zero attached hydrogens (tertiary/aromatic N) is 1. The molecule has 0 spiro atoms. The molecule has 0 aliphatic carbocycles. The molecule has 2 aromatic rings. The molecule has 7 heteroatoms. The summed E-state index contributed by atoms with van der Waals surface area (Å²) in [6.45, 7) is 0.150. The summed E-state index contributed by atoms with van der Waals surface area (Å²) in [4.78, 5) is 4.22. The number of halogens is 1. The van der Waals surface area contributed by atoms with Gasteiger partial charge in [-0.25, -0.2) is 8.42 Å². The Morgan fingerprint density at radius 3 is 2.89 bits per heavy atom. The summed E-state index contributed by atoms with van der Waals surface area (Å²) in [5.74, 6) is -0.0894. The van der Waals surface area contributed by atoms with Crippen LogP contribution in [0.4, 0.5) is 5.69 Å². The maximum absolute atomic E-state index is 11.9. The van der Waals surface area contributed by atoms with Gasteiger partial charge in [-0.3, -0.25) is 9.71 Å². The van der Waals surface area contributed by atoms with E-state index >= 15 is 0 Å². The molecule has 0 unspecified atom stereocenters. The first kappa shape index (κ1) is 14.2. The van der Waals surface area contributed by atoms with Gasteiger partial charge in [0.15, 0.2) is 0 Å². The fourth-order valence-corrected chi connectivity index (χ4v) is 3.07. The number of hydrogen-bond donors (Lipinski definition) is 1. The molecule has 0 fully saturated rings. The summed E-state index contributed by atoms with van der Waals surface area (Å²) in [7, 11) is -1.97. The quantitative estimate of drug-likeness (QED) is 0.904. The van der Waals surface area contributed by atoms with E-state index in [0.29, 0.717) is 11.2 Å². The van der Waals surface area contributed by atoms with Crippen molar-refractivity contribution < 1.29 is 13.2 Å². The molecular formula is C12H13BrN2O3S.